The van der Waals surface area contributed by atoms with Crippen molar-refractivity contribution in [1.29, 1.82) is 0 Å². The molecule has 1 aromatic heterocycles. The lowest BCUT2D eigenvalue weighted by molar-refractivity contribution is 0.831. The fraction of sp³-hybridized carbons (Fsp3) is 0.636. The second kappa shape index (κ2) is 6.97. The Labute approximate surface area is 106 Å². The molecular formula is C11H18ClN3S. The summed E-state index contributed by atoms with van der Waals surface area (Å²) < 4.78 is 0. The summed E-state index contributed by atoms with van der Waals surface area (Å²) in [6.07, 6.45) is 3.99. The molecule has 3 nitrogen and oxygen atoms in total. The first-order valence-electron chi connectivity index (χ1n) is 5.44. The van der Waals surface area contributed by atoms with E-state index in [2.05, 4.69) is 28.5 Å². The Morgan fingerprint density at radius 3 is 2.75 bits per heavy atom. The van der Waals surface area contributed by atoms with E-state index >= 15 is 0 Å². The molecule has 0 spiro atoms. The van der Waals surface area contributed by atoms with Gasteiger partial charge in [0, 0.05) is 24.3 Å². The third kappa shape index (κ3) is 3.83. The van der Waals surface area contributed by atoms with E-state index < -0.39 is 0 Å². The van der Waals surface area contributed by atoms with Crippen molar-refractivity contribution in [1.82, 2.24) is 9.97 Å². The molecule has 1 heterocycles. The molecule has 0 aliphatic carbocycles. The van der Waals surface area contributed by atoms with Crippen LogP contribution in [0.25, 0.3) is 0 Å². The lowest BCUT2D eigenvalue weighted by Gasteiger charge is -2.10. The monoisotopic (exact) mass is 259 g/mol. The molecule has 0 unspecified atom stereocenters. The maximum atomic E-state index is 6.07. The fourth-order valence-corrected chi connectivity index (χ4v) is 1.81. The van der Waals surface area contributed by atoms with Crippen LogP contribution < -0.4 is 5.32 Å². The van der Waals surface area contributed by atoms with Crippen molar-refractivity contribution in [2.24, 2.45) is 0 Å². The second-order valence-electron chi connectivity index (χ2n) is 3.57. The summed E-state index contributed by atoms with van der Waals surface area (Å²) in [7, 11) is 0. The number of nitrogens with zero attached hydrogens (tertiary/aromatic N) is 2. The third-order valence-corrected chi connectivity index (χ3v) is 3.19. The van der Waals surface area contributed by atoms with Gasteiger partial charge in [0.05, 0.1) is 0 Å². The lowest BCUT2D eigenvalue weighted by atomic mass is 10.3. The number of rotatable bonds is 6. The third-order valence-electron chi connectivity index (χ3n) is 2.20. The number of aryl methyl sites for hydroxylation is 1. The second-order valence-corrected chi connectivity index (χ2v) is 4.92. The SMILES string of the molecule is CCCc1nc(Cl)c(C)c(NCCSC)n1. The highest BCUT2D eigenvalue weighted by atomic mass is 35.5. The fourth-order valence-electron chi connectivity index (χ4n) is 1.31. The van der Waals surface area contributed by atoms with Gasteiger partial charge in [-0.15, -0.1) is 0 Å². The molecule has 0 aromatic carbocycles. The Hall–Kier alpha value is -0.480. The molecule has 0 bridgehead atoms. The van der Waals surface area contributed by atoms with Gasteiger partial charge in [0.1, 0.15) is 16.8 Å². The predicted octanol–water partition coefficient (Wildman–Crippen LogP) is 3.17. The maximum Gasteiger partial charge on any atom is 0.137 e. The first-order valence-corrected chi connectivity index (χ1v) is 7.22. The molecule has 1 rings (SSSR count). The van der Waals surface area contributed by atoms with Crippen molar-refractivity contribution in [2.45, 2.75) is 26.7 Å². The van der Waals surface area contributed by atoms with Gasteiger partial charge in [0.15, 0.2) is 0 Å². The largest absolute Gasteiger partial charge is 0.369 e. The van der Waals surface area contributed by atoms with E-state index in [1.807, 2.05) is 6.92 Å². The van der Waals surface area contributed by atoms with Gasteiger partial charge >= 0.3 is 0 Å². The number of nitrogens with one attached hydrogen (secondary N) is 1. The van der Waals surface area contributed by atoms with Crippen LogP contribution >= 0.6 is 23.4 Å². The normalized spacial score (nSPS) is 10.5. The van der Waals surface area contributed by atoms with Gasteiger partial charge in [0.2, 0.25) is 0 Å². The van der Waals surface area contributed by atoms with Gasteiger partial charge in [-0.05, 0) is 19.6 Å². The maximum absolute atomic E-state index is 6.07. The first-order chi connectivity index (χ1) is 7.69. The summed E-state index contributed by atoms with van der Waals surface area (Å²) in [5.74, 6) is 2.76. The average molecular weight is 260 g/mol. The summed E-state index contributed by atoms with van der Waals surface area (Å²) in [6.45, 7) is 4.96. The van der Waals surface area contributed by atoms with Gasteiger partial charge in [-0.2, -0.15) is 11.8 Å². The summed E-state index contributed by atoms with van der Waals surface area (Å²) in [5.41, 5.74) is 0.933. The minimum Gasteiger partial charge on any atom is -0.369 e. The van der Waals surface area contributed by atoms with E-state index in [9.17, 15) is 0 Å². The molecule has 0 saturated heterocycles. The summed E-state index contributed by atoms with van der Waals surface area (Å²) in [6, 6.07) is 0. The molecule has 0 amide bonds. The smallest absolute Gasteiger partial charge is 0.137 e. The van der Waals surface area contributed by atoms with Gasteiger partial charge in [-0.25, -0.2) is 9.97 Å². The molecule has 16 heavy (non-hydrogen) atoms. The van der Waals surface area contributed by atoms with Crippen LogP contribution in [0.15, 0.2) is 0 Å². The Bertz CT molecular complexity index is 344. The molecular weight excluding hydrogens is 242 g/mol. The van der Waals surface area contributed by atoms with E-state index in [1.165, 1.54) is 0 Å². The van der Waals surface area contributed by atoms with Crippen LogP contribution in [0.2, 0.25) is 5.15 Å². The minimum atomic E-state index is 0.560. The molecule has 1 N–H and O–H groups in total. The van der Waals surface area contributed by atoms with Crippen molar-refractivity contribution >= 4 is 29.2 Å². The van der Waals surface area contributed by atoms with Crippen molar-refractivity contribution in [2.75, 3.05) is 23.9 Å². The van der Waals surface area contributed by atoms with Gasteiger partial charge in [0.25, 0.3) is 0 Å². The van der Waals surface area contributed by atoms with Crippen LogP contribution in [0, 0.1) is 6.92 Å². The Morgan fingerprint density at radius 1 is 1.38 bits per heavy atom. The molecule has 0 saturated carbocycles. The van der Waals surface area contributed by atoms with Crippen LogP contribution in [0.4, 0.5) is 5.82 Å². The van der Waals surface area contributed by atoms with Crippen LogP contribution in [0.1, 0.15) is 24.7 Å². The number of aromatic nitrogens is 2. The van der Waals surface area contributed by atoms with Crippen LogP contribution in [0.5, 0.6) is 0 Å². The van der Waals surface area contributed by atoms with Gasteiger partial charge in [-0.3, -0.25) is 0 Å². The highest BCUT2D eigenvalue weighted by Crippen LogP contribution is 2.20. The standard InChI is InChI=1S/C11H18ClN3S/c1-4-5-9-14-10(12)8(2)11(15-9)13-6-7-16-3/h4-7H2,1-3H3,(H,13,14,15). The Kier molecular flexibility index (Phi) is 5.91. The molecule has 1 aromatic rings. The molecule has 0 aliphatic heterocycles. The Balaban J connectivity index is 2.79. The van der Waals surface area contributed by atoms with Crippen LogP contribution in [-0.4, -0.2) is 28.5 Å². The highest BCUT2D eigenvalue weighted by Gasteiger charge is 2.08. The molecule has 5 heteroatoms. The van der Waals surface area contributed by atoms with Gasteiger partial charge < -0.3 is 5.32 Å². The van der Waals surface area contributed by atoms with Crippen molar-refractivity contribution < 1.29 is 0 Å². The molecule has 0 aliphatic rings. The minimum absolute atomic E-state index is 0.560. The van der Waals surface area contributed by atoms with Crippen LogP contribution in [0.3, 0.4) is 0 Å². The summed E-state index contributed by atoms with van der Waals surface area (Å²) in [5, 5.41) is 3.86. The summed E-state index contributed by atoms with van der Waals surface area (Å²) in [4.78, 5) is 8.74. The zero-order valence-electron chi connectivity index (χ0n) is 10.0. The summed E-state index contributed by atoms with van der Waals surface area (Å²) >= 11 is 7.88. The van der Waals surface area contributed by atoms with E-state index in [1.54, 1.807) is 11.8 Å². The molecule has 0 fully saturated rings. The van der Waals surface area contributed by atoms with E-state index in [-0.39, 0.29) is 0 Å². The van der Waals surface area contributed by atoms with Crippen molar-refractivity contribution in [3.8, 4) is 0 Å². The number of thioether (sulfide) groups is 1. The topological polar surface area (TPSA) is 37.8 Å². The van der Waals surface area contributed by atoms with E-state index in [4.69, 9.17) is 11.6 Å². The number of hydrogen-bond acceptors (Lipinski definition) is 4. The van der Waals surface area contributed by atoms with Crippen molar-refractivity contribution in [3.63, 3.8) is 0 Å². The molecule has 90 valence electrons. The van der Waals surface area contributed by atoms with E-state index in [0.717, 1.165) is 42.3 Å². The quantitative estimate of drug-likeness (QED) is 0.629. The van der Waals surface area contributed by atoms with E-state index in [0.29, 0.717) is 5.15 Å². The Morgan fingerprint density at radius 2 is 2.12 bits per heavy atom. The number of anilines is 1. The van der Waals surface area contributed by atoms with Crippen molar-refractivity contribution in [3.05, 3.63) is 16.5 Å². The highest BCUT2D eigenvalue weighted by molar-refractivity contribution is 7.98. The van der Waals surface area contributed by atoms with Crippen LogP contribution in [-0.2, 0) is 6.42 Å². The zero-order valence-corrected chi connectivity index (χ0v) is 11.6. The van der Waals surface area contributed by atoms with Gasteiger partial charge in [-0.1, -0.05) is 18.5 Å². The number of hydrogen-bond donors (Lipinski definition) is 1. The first kappa shape index (κ1) is 13.6. The zero-order chi connectivity index (χ0) is 12.0. The molecule has 0 atom stereocenters. The lowest BCUT2D eigenvalue weighted by Crippen LogP contribution is -2.10. The predicted molar refractivity (Wildman–Crippen MR) is 72.6 cm³/mol. The molecule has 0 radical (unpaired) electrons. The average Bonchev–Trinajstić information content (AvgIpc) is 2.25. The number of halogens is 1.